The molecule has 0 unspecified atom stereocenters. The van der Waals surface area contributed by atoms with Gasteiger partial charge in [-0.3, -0.25) is 9.59 Å². The summed E-state index contributed by atoms with van der Waals surface area (Å²) in [4.78, 5) is 21.4. The summed E-state index contributed by atoms with van der Waals surface area (Å²) in [6, 6.07) is 0. The van der Waals surface area contributed by atoms with Crippen LogP contribution in [-0.4, -0.2) is 22.3 Å². The van der Waals surface area contributed by atoms with E-state index in [9.17, 15) is 9.59 Å². The lowest BCUT2D eigenvalue weighted by atomic mass is 10.0. The Balaban J connectivity index is 2.89. The fraction of sp³-hybridized carbons (Fsp3) is 0.333. The predicted octanol–water partition coefficient (Wildman–Crippen LogP) is 0.909. The van der Waals surface area contributed by atoms with Gasteiger partial charge in [0.15, 0.2) is 11.6 Å². The Morgan fingerprint density at radius 1 is 1.00 bits per heavy atom. The maximum Gasteiger partial charge on any atom is 0.175 e. The highest BCUT2D eigenvalue weighted by molar-refractivity contribution is 6.46. The van der Waals surface area contributed by atoms with Crippen LogP contribution in [0, 0.1) is 0 Å². The lowest BCUT2D eigenvalue weighted by Crippen LogP contribution is -2.33. The Hall–Kier alpha value is -0.340. The first-order valence-electron chi connectivity index (χ1n) is 2.67. The van der Waals surface area contributed by atoms with E-state index in [2.05, 4.69) is 0 Å². The van der Waals surface area contributed by atoms with Gasteiger partial charge < -0.3 is 0 Å². The number of allylic oxidation sites excluding steroid dienone is 2. The molecule has 54 valence electrons. The molecule has 0 spiro atoms. The zero-order valence-electron chi connectivity index (χ0n) is 4.88. The van der Waals surface area contributed by atoms with Crippen molar-refractivity contribution in [2.75, 3.05) is 0 Å². The minimum Gasteiger partial charge on any atom is -0.293 e. The fourth-order valence-corrected chi connectivity index (χ4v) is 1.03. The Labute approximate surface area is 67.8 Å². The summed E-state index contributed by atoms with van der Waals surface area (Å²) in [5.74, 6) is -0.609. The minimum atomic E-state index is -0.890. The van der Waals surface area contributed by atoms with Crippen LogP contribution >= 0.6 is 23.2 Å². The molecule has 0 fully saturated rings. The first-order chi connectivity index (χ1) is 4.63. The van der Waals surface area contributed by atoms with Crippen LogP contribution in [0.15, 0.2) is 12.2 Å². The van der Waals surface area contributed by atoms with E-state index in [1.54, 1.807) is 0 Å². The van der Waals surface area contributed by atoms with Gasteiger partial charge in [0.25, 0.3) is 0 Å². The van der Waals surface area contributed by atoms with E-state index in [4.69, 9.17) is 23.2 Å². The summed E-state index contributed by atoms with van der Waals surface area (Å²) in [7, 11) is 0. The molecule has 0 heterocycles. The van der Waals surface area contributed by atoms with Crippen LogP contribution in [0.25, 0.3) is 0 Å². The van der Waals surface area contributed by atoms with Gasteiger partial charge in [-0.05, 0) is 12.2 Å². The van der Waals surface area contributed by atoms with Crippen LogP contribution in [0.4, 0.5) is 0 Å². The summed E-state index contributed by atoms with van der Waals surface area (Å²) in [5.41, 5.74) is 0. The molecule has 0 aromatic heterocycles. The van der Waals surface area contributed by atoms with E-state index < -0.39 is 10.8 Å². The second kappa shape index (κ2) is 2.72. The molecule has 0 aromatic carbocycles. The molecule has 0 bridgehead atoms. The first kappa shape index (κ1) is 7.76. The van der Waals surface area contributed by atoms with Gasteiger partial charge in [0.05, 0.1) is 0 Å². The van der Waals surface area contributed by atoms with Crippen LogP contribution in [0.1, 0.15) is 0 Å². The van der Waals surface area contributed by atoms with Crippen LogP contribution in [-0.2, 0) is 9.59 Å². The Kier molecular flexibility index (Phi) is 2.11. The molecule has 0 N–H and O–H groups in total. The summed E-state index contributed by atoms with van der Waals surface area (Å²) in [5, 5.41) is -1.78. The fourth-order valence-electron chi connectivity index (χ4n) is 0.637. The Morgan fingerprint density at radius 3 is 1.60 bits per heavy atom. The lowest BCUT2D eigenvalue weighted by Gasteiger charge is -2.13. The number of halogens is 2. The molecule has 4 heteroatoms. The molecule has 0 aliphatic heterocycles. The molecule has 0 amide bonds. The van der Waals surface area contributed by atoms with E-state index in [1.807, 2.05) is 0 Å². The second-order valence-electron chi connectivity index (χ2n) is 1.94. The third-order valence-electron chi connectivity index (χ3n) is 1.21. The molecule has 1 aliphatic carbocycles. The van der Waals surface area contributed by atoms with Gasteiger partial charge in [0.1, 0.15) is 10.8 Å². The van der Waals surface area contributed by atoms with Gasteiger partial charge in [-0.1, -0.05) is 0 Å². The molecule has 0 aromatic rings. The highest BCUT2D eigenvalue weighted by atomic mass is 35.5. The third-order valence-corrected chi connectivity index (χ3v) is 2.28. The largest absolute Gasteiger partial charge is 0.293 e. The Bertz CT molecular complexity index is 188. The summed E-state index contributed by atoms with van der Waals surface area (Å²) in [6.07, 6.45) is 2.30. The predicted molar refractivity (Wildman–Crippen MR) is 38.4 cm³/mol. The molecule has 2 atom stereocenters. The van der Waals surface area contributed by atoms with Crippen molar-refractivity contribution < 1.29 is 9.59 Å². The number of hydrogen-bond donors (Lipinski definition) is 0. The lowest BCUT2D eigenvalue weighted by molar-refractivity contribution is -0.120. The van der Waals surface area contributed by atoms with Crippen molar-refractivity contribution in [3.05, 3.63) is 12.2 Å². The van der Waals surface area contributed by atoms with Crippen molar-refractivity contribution in [2.24, 2.45) is 0 Å². The SMILES string of the molecule is O=C1C=CC(=O)[C@@H](Cl)[C@@H]1Cl. The average molecular weight is 179 g/mol. The van der Waals surface area contributed by atoms with Gasteiger partial charge in [0.2, 0.25) is 0 Å². The molecule has 0 radical (unpaired) electrons. The molecule has 1 rings (SSSR count). The van der Waals surface area contributed by atoms with Gasteiger partial charge in [0, 0.05) is 0 Å². The highest BCUT2D eigenvalue weighted by Crippen LogP contribution is 2.17. The van der Waals surface area contributed by atoms with Crippen LogP contribution < -0.4 is 0 Å². The monoisotopic (exact) mass is 178 g/mol. The number of carbonyl (C=O) groups excluding carboxylic acids is 2. The quantitative estimate of drug-likeness (QED) is 0.518. The maximum absolute atomic E-state index is 10.7. The van der Waals surface area contributed by atoms with E-state index in [0.717, 1.165) is 12.2 Å². The van der Waals surface area contributed by atoms with E-state index in [-0.39, 0.29) is 11.6 Å². The smallest absolute Gasteiger partial charge is 0.175 e. The van der Waals surface area contributed by atoms with Crippen molar-refractivity contribution in [3.63, 3.8) is 0 Å². The minimum absolute atomic E-state index is 0.304. The molecule has 10 heavy (non-hydrogen) atoms. The molecular formula is C6H4Cl2O2. The van der Waals surface area contributed by atoms with Crippen LogP contribution in [0.2, 0.25) is 0 Å². The van der Waals surface area contributed by atoms with E-state index in [0.29, 0.717) is 0 Å². The van der Waals surface area contributed by atoms with Gasteiger partial charge >= 0.3 is 0 Å². The maximum atomic E-state index is 10.7. The number of rotatable bonds is 0. The molecular weight excluding hydrogens is 175 g/mol. The zero-order chi connectivity index (χ0) is 7.72. The number of hydrogen-bond acceptors (Lipinski definition) is 2. The van der Waals surface area contributed by atoms with Gasteiger partial charge in [-0.2, -0.15) is 0 Å². The van der Waals surface area contributed by atoms with E-state index in [1.165, 1.54) is 0 Å². The van der Waals surface area contributed by atoms with Gasteiger partial charge in [-0.25, -0.2) is 0 Å². The number of carbonyl (C=O) groups is 2. The topological polar surface area (TPSA) is 34.1 Å². The standard InChI is InChI=1S/C6H4Cl2O2/c7-5-3(9)1-2-4(10)6(5)8/h1-2,5-6H/t5-,6-/m1/s1. The van der Waals surface area contributed by atoms with Crippen molar-refractivity contribution in [3.8, 4) is 0 Å². The van der Waals surface area contributed by atoms with Crippen LogP contribution in [0.5, 0.6) is 0 Å². The molecule has 0 saturated carbocycles. The molecule has 0 saturated heterocycles. The zero-order valence-corrected chi connectivity index (χ0v) is 6.39. The molecule has 1 aliphatic rings. The highest BCUT2D eigenvalue weighted by Gasteiger charge is 2.30. The number of ketones is 2. The average Bonchev–Trinajstić information content (AvgIpc) is 1.93. The van der Waals surface area contributed by atoms with Crippen molar-refractivity contribution in [2.45, 2.75) is 10.8 Å². The normalized spacial score (nSPS) is 33.0. The summed E-state index contributed by atoms with van der Waals surface area (Å²) >= 11 is 10.9. The van der Waals surface area contributed by atoms with Crippen molar-refractivity contribution >= 4 is 34.8 Å². The number of alkyl halides is 2. The summed E-state index contributed by atoms with van der Waals surface area (Å²) in [6.45, 7) is 0. The molecule has 2 nitrogen and oxygen atoms in total. The van der Waals surface area contributed by atoms with Crippen molar-refractivity contribution in [1.29, 1.82) is 0 Å². The van der Waals surface area contributed by atoms with E-state index >= 15 is 0 Å². The first-order valence-corrected chi connectivity index (χ1v) is 3.54. The third kappa shape index (κ3) is 1.22. The van der Waals surface area contributed by atoms with Crippen LogP contribution in [0.3, 0.4) is 0 Å². The Morgan fingerprint density at radius 2 is 1.30 bits per heavy atom. The van der Waals surface area contributed by atoms with Crippen molar-refractivity contribution in [1.82, 2.24) is 0 Å². The van der Waals surface area contributed by atoms with Gasteiger partial charge in [-0.15, -0.1) is 23.2 Å². The second-order valence-corrected chi connectivity index (χ2v) is 2.88. The summed E-state index contributed by atoms with van der Waals surface area (Å²) < 4.78 is 0.